The fraction of sp³-hybridized carbons (Fsp3) is 0.0909. The zero-order valence-corrected chi connectivity index (χ0v) is 23.8. The van der Waals surface area contributed by atoms with Gasteiger partial charge in [0.05, 0.1) is 10.8 Å². The number of hydrogen-bond donors (Lipinski definition) is 4. The van der Waals surface area contributed by atoms with Gasteiger partial charge in [-0.3, -0.25) is 14.4 Å². The van der Waals surface area contributed by atoms with Gasteiger partial charge in [-0.15, -0.1) is 11.8 Å². The molecule has 0 saturated carbocycles. The summed E-state index contributed by atoms with van der Waals surface area (Å²) in [5, 5.41) is 16.9. The molecule has 4 aromatic carbocycles. The molecule has 1 atom stereocenters. The Morgan fingerprint density at radius 3 is 2.12 bits per heavy atom. The second-order valence-corrected chi connectivity index (χ2v) is 10.8. The van der Waals surface area contributed by atoms with Gasteiger partial charge < -0.3 is 21.1 Å². The summed E-state index contributed by atoms with van der Waals surface area (Å²) in [6, 6.07) is 29.2. The molecule has 0 bridgehead atoms. The van der Waals surface area contributed by atoms with Gasteiger partial charge in [0.2, 0.25) is 5.91 Å². The van der Waals surface area contributed by atoms with Crippen molar-refractivity contribution < 1.29 is 24.3 Å². The third kappa shape index (κ3) is 8.42. The van der Waals surface area contributed by atoms with Gasteiger partial charge in [-0.1, -0.05) is 54.1 Å². The van der Waals surface area contributed by atoms with Crippen LogP contribution in [0.3, 0.4) is 0 Å². The Hall–Kier alpha value is -5.15. The smallest absolute Gasteiger partial charge is 0.335 e. The average molecular weight is 580 g/mol. The molecule has 0 aromatic heterocycles. The lowest BCUT2D eigenvalue weighted by Gasteiger charge is -2.14. The van der Waals surface area contributed by atoms with E-state index >= 15 is 0 Å². The van der Waals surface area contributed by atoms with E-state index in [1.54, 1.807) is 61.5 Å². The average Bonchev–Trinajstić information content (AvgIpc) is 2.98. The van der Waals surface area contributed by atoms with Crippen molar-refractivity contribution >= 4 is 52.9 Å². The molecule has 0 heterocycles. The van der Waals surface area contributed by atoms with E-state index in [2.05, 4.69) is 16.0 Å². The van der Waals surface area contributed by atoms with Crippen molar-refractivity contribution in [3.63, 3.8) is 0 Å². The third-order valence-corrected chi connectivity index (χ3v) is 7.18. The summed E-state index contributed by atoms with van der Waals surface area (Å²) in [6.45, 7) is 3.71. The number of aryl methyl sites for hydroxylation is 1. The summed E-state index contributed by atoms with van der Waals surface area (Å²) in [7, 11) is 0. The van der Waals surface area contributed by atoms with Crippen LogP contribution in [0.5, 0.6) is 0 Å². The van der Waals surface area contributed by atoms with Crippen LogP contribution in [-0.2, 0) is 9.59 Å². The van der Waals surface area contributed by atoms with E-state index in [4.69, 9.17) is 5.11 Å². The standard InChI is InChI=1S/C33H29N3O5S/c1-21-11-13-23(14-12-21)19-29(36-31(38)24-7-4-3-5-8-24)32(39)35-27-9-6-10-28(20-27)42-22(2)30(37)34-26-17-15-25(16-18-26)33(40)41/h3-20,22H,1-2H3,(H,34,37)(H,35,39)(H,36,38)(H,40,41)/b29-19-. The lowest BCUT2D eigenvalue weighted by molar-refractivity contribution is -0.115. The Bertz CT molecular complexity index is 1620. The number of amides is 3. The molecule has 8 nitrogen and oxygen atoms in total. The molecule has 3 amide bonds. The van der Waals surface area contributed by atoms with Crippen LogP contribution < -0.4 is 16.0 Å². The number of carboxylic acid groups (broad SMARTS) is 1. The fourth-order valence-electron chi connectivity index (χ4n) is 3.82. The zero-order valence-electron chi connectivity index (χ0n) is 23.0. The number of carbonyl (C=O) groups excluding carboxylic acids is 3. The van der Waals surface area contributed by atoms with Crippen LogP contribution in [0.2, 0.25) is 0 Å². The maximum absolute atomic E-state index is 13.4. The molecule has 0 aliphatic heterocycles. The van der Waals surface area contributed by atoms with Crippen molar-refractivity contribution in [1.29, 1.82) is 0 Å². The Morgan fingerprint density at radius 2 is 1.45 bits per heavy atom. The topological polar surface area (TPSA) is 125 Å². The number of thioether (sulfide) groups is 1. The Labute approximate surface area is 247 Å². The van der Waals surface area contributed by atoms with Crippen LogP contribution in [0.4, 0.5) is 11.4 Å². The first-order valence-electron chi connectivity index (χ1n) is 13.0. The van der Waals surface area contributed by atoms with E-state index in [9.17, 15) is 19.2 Å². The molecule has 1 unspecified atom stereocenters. The number of carbonyl (C=O) groups is 4. The normalized spacial score (nSPS) is 11.7. The maximum atomic E-state index is 13.4. The van der Waals surface area contributed by atoms with E-state index in [-0.39, 0.29) is 17.2 Å². The third-order valence-electron chi connectivity index (χ3n) is 6.09. The zero-order chi connectivity index (χ0) is 30.1. The number of hydrogen-bond acceptors (Lipinski definition) is 5. The van der Waals surface area contributed by atoms with Crippen LogP contribution in [0.1, 0.15) is 38.8 Å². The number of rotatable bonds is 10. The number of carboxylic acids is 1. The molecule has 0 aliphatic carbocycles. The Morgan fingerprint density at radius 1 is 0.762 bits per heavy atom. The van der Waals surface area contributed by atoms with Crippen LogP contribution in [0.15, 0.2) is 114 Å². The molecule has 0 fully saturated rings. The van der Waals surface area contributed by atoms with Crippen LogP contribution in [-0.4, -0.2) is 34.0 Å². The molecule has 42 heavy (non-hydrogen) atoms. The first-order valence-corrected chi connectivity index (χ1v) is 13.9. The van der Waals surface area contributed by atoms with Crippen LogP contribution in [0, 0.1) is 6.92 Å². The number of anilines is 2. The van der Waals surface area contributed by atoms with Gasteiger partial charge in [-0.2, -0.15) is 0 Å². The molecular formula is C33H29N3O5S. The predicted octanol–water partition coefficient (Wildman–Crippen LogP) is 6.22. The minimum Gasteiger partial charge on any atom is -0.478 e. The molecule has 0 spiro atoms. The van der Waals surface area contributed by atoms with Crippen molar-refractivity contribution in [3.8, 4) is 0 Å². The molecule has 0 aliphatic rings. The number of aromatic carboxylic acids is 1. The summed E-state index contributed by atoms with van der Waals surface area (Å²) in [5.41, 5.74) is 3.43. The summed E-state index contributed by atoms with van der Waals surface area (Å²) in [4.78, 5) is 50.8. The highest BCUT2D eigenvalue weighted by Gasteiger charge is 2.17. The highest BCUT2D eigenvalue weighted by molar-refractivity contribution is 8.00. The Kier molecular flexibility index (Phi) is 9.91. The predicted molar refractivity (Wildman–Crippen MR) is 165 cm³/mol. The van der Waals surface area contributed by atoms with E-state index < -0.39 is 23.0 Å². The van der Waals surface area contributed by atoms with Gasteiger partial charge in [0.25, 0.3) is 11.8 Å². The maximum Gasteiger partial charge on any atom is 0.335 e. The van der Waals surface area contributed by atoms with Gasteiger partial charge in [0.1, 0.15) is 5.70 Å². The Balaban J connectivity index is 1.45. The monoisotopic (exact) mass is 579 g/mol. The van der Waals surface area contributed by atoms with Crippen molar-refractivity contribution in [2.24, 2.45) is 0 Å². The minimum absolute atomic E-state index is 0.0763. The van der Waals surface area contributed by atoms with E-state index in [1.807, 2.05) is 37.3 Å². The molecule has 4 N–H and O–H groups in total. The van der Waals surface area contributed by atoms with Gasteiger partial charge in [0, 0.05) is 21.8 Å². The first-order chi connectivity index (χ1) is 20.2. The second-order valence-electron chi connectivity index (χ2n) is 9.40. The summed E-state index contributed by atoms with van der Waals surface area (Å²) in [6.07, 6.45) is 1.61. The van der Waals surface area contributed by atoms with E-state index in [1.165, 1.54) is 36.0 Å². The summed E-state index contributed by atoms with van der Waals surface area (Å²) in [5.74, 6) is -2.21. The van der Waals surface area contributed by atoms with Crippen LogP contribution >= 0.6 is 11.8 Å². The lowest BCUT2D eigenvalue weighted by atomic mass is 10.1. The molecule has 9 heteroatoms. The van der Waals surface area contributed by atoms with Crippen molar-refractivity contribution in [1.82, 2.24) is 5.32 Å². The summed E-state index contributed by atoms with van der Waals surface area (Å²) >= 11 is 1.30. The van der Waals surface area contributed by atoms with Gasteiger partial charge in [-0.25, -0.2) is 4.79 Å². The van der Waals surface area contributed by atoms with Crippen LogP contribution in [0.25, 0.3) is 6.08 Å². The lowest BCUT2D eigenvalue weighted by Crippen LogP contribution is -2.30. The quantitative estimate of drug-likeness (QED) is 0.131. The molecule has 212 valence electrons. The van der Waals surface area contributed by atoms with Gasteiger partial charge in [-0.05, 0) is 80.1 Å². The SMILES string of the molecule is Cc1ccc(/C=C(\NC(=O)c2ccccc2)C(=O)Nc2cccc(SC(C)C(=O)Nc3ccc(C(=O)O)cc3)c2)cc1. The van der Waals surface area contributed by atoms with Crippen molar-refractivity contribution in [2.75, 3.05) is 10.6 Å². The largest absolute Gasteiger partial charge is 0.478 e. The highest BCUT2D eigenvalue weighted by atomic mass is 32.2. The number of nitrogens with one attached hydrogen (secondary N) is 3. The molecular weight excluding hydrogens is 550 g/mol. The van der Waals surface area contributed by atoms with E-state index in [0.29, 0.717) is 16.9 Å². The van der Waals surface area contributed by atoms with Gasteiger partial charge >= 0.3 is 5.97 Å². The second kappa shape index (κ2) is 14.0. The first kappa shape index (κ1) is 29.8. The highest BCUT2D eigenvalue weighted by Crippen LogP contribution is 2.27. The molecule has 4 aromatic rings. The van der Waals surface area contributed by atoms with E-state index in [0.717, 1.165) is 16.0 Å². The summed E-state index contributed by atoms with van der Waals surface area (Å²) < 4.78 is 0. The van der Waals surface area contributed by atoms with Crippen molar-refractivity contribution in [2.45, 2.75) is 24.0 Å². The fourth-order valence-corrected chi connectivity index (χ4v) is 4.74. The molecule has 0 radical (unpaired) electrons. The number of benzene rings is 4. The van der Waals surface area contributed by atoms with Crippen molar-refractivity contribution in [3.05, 3.63) is 131 Å². The minimum atomic E-state index is -1.04. The van der Waals surface area contributed by atoms with Gasteiger partial charge in [0.15, 0.2) is 0 Å². The molecule has 4 rings (SSSR count). The molecule has 0 saturated heterocycles.